The maximum atomic E-state index is 13.5. The van der Waals surface area contributed by atoms with Crippen LogP contribution in [0.2, 0.25) is 0 Å². The van der Waals surface area contributed by atoms with Crippen molar-refractivity contribution in [2.75, 3.05) is 44.5 Å². The number of nitrogens with one attached hydrogen (secondary N) is 1. The van der Waals surface area contributed by atoms with Crippen LogP contribution in [0.4, 0.5) is 23.7 Å². The van der Waals surface area contributed by atoms with Crippen molar-refractivity contribution in [3.63, 3.8) is 0 Å². The molecule has 10 nitrogen and oxygen atoms in total. The number of H-pyrrole nitrogens is 1. The van der Waals surface area contributed by atoms with Crippen molar-refractivity contribution in [2.24, 2.45) is 0 Å². The zero-order chi connectivity index (χ0) is 27.4. The molecule has 1 fully saturated rings. The Morgan fingerprint density at radius 2 is 1.95 bits per heavy atom. The minimum absolute atomic E-state index is 0.0408. The summed E-state index contributed by atoms with van der Waals surface area (Å²) in [5.41, 5.74) is -0.922. The normalized spacial score (nSPS) is 15.6. The summed E-state index contributed by atoms with van der Waals surface area (Å²) in [6.07, 6.45) is -6.51. The zero-order valence-electron chi connectivity index (χ0n) is 19.9. The first-order valence-electron chi connectivity index (χ1n) is 11.5. The molecule has 0 aliphatic carbocycles. The van der Waals surface area contributed by atoms with Gasteiger partial charge in [0.1, 0.15) is 19.9 Å². The number of anilines is 1. The second-order valence-corrected chi connectivity index (χ2v) is 8.57. The third-order valence-corrected chi connectivity index (χ3v) is 5.98. The van der Waals surface area contributed by atoms with Crippen LogP contribution in [0.3, 0.4) is 0 Å². The summed E-state index contributed by atoms with van der Waals surface area (Å²) in [6, 6.07) is 11.4. The summed E-state index contributed by atoms with van der Waals surface area (Å²) in [5, 5.41) is 18.8. The van der Waals surface area contributed by atoms with Crippen molar-refractivity contribution < 1.29 is 42.4 Å². The Morgan fingerprint density at radius 1 is 1.18 bits per heavy atom. The average Bonchev–Trinajstić information content (AvgIpc) is 3.35. The van der Waals surface area contributed by atoms with E-state index in [-0.39, 0.29) is 49.7 Å². The molecule has 4 rings (SSSR count). The van der Waals surface area contributed by atoms with Crippen LogP contribution in [0.5, 0.6) is 0 Å². The first-order valence-corrected chi connectivity index (χ1v) is 11.5. The topological polar surface area (TPSA) is 132 Å². The number of alkyl halides is 3. The first-order chi connectivity index (χ1) is 18.1. The van der Waals surface area contributed by atoms with Gasteiger partial charge >= 0.3 is 18.2 Å². The van der Waals surface area contributed by atoms with Gasteiger partial charge in [0, 0.05) is 28.9 Å². The molecule has 2 heterocycles. The molecule has 2 aromatic carbocycles. The number of carbonyl (C=O) groups is 2. The number of hydrogen-bond donors (Lipinski definition) is 3. The van der Waals surface area contributed by atoms with Crippen molar-refractivity contribution in [3.8, 4) is 11.3 Å². The largest absolute Gasteiger partial charge is 0.465 e. The molecule has 3 N–H and O–H groups in total. The Morgan fingerprint density at radius 3 is 2.66 bits per heavy atom. The van der Waals surface area contributed by atoms with Crippen LogP contribution in [0.15, 0.2) is 53.3 Å². The van der Waals surface area contributed by atoms with E-state index in [4.69, 9.17) is 14.6 Å². The van der Waals surface area contributed by atoms with E-state index in [0.717, 1.165) is 11.0 Å². The number of esters is 1. The number of aliphatic hydroxyl groups is 1. The number of aliphatic hydroxyl groups excluding tert-OH is 1. The summed E-state index contributed by atoms with van der Waals surface area (Å²) in [6.45, 7) is -0.909. The third kappa shape index (κ3) is 6.06. The van der Waals surface area contributed by atoms with E-state index < -0.39 is 42.0 Å². The van der Waals surface area contributed by atoms with Gasteiger partial charge in [0.15, 0.2) is 0 Å². The Labute approximate surface area is 213 Å². The van der Waals surface area contributed by atoms with Gasteiger partial charge in [-0.05, 0) is 29.7 Å². The minimum atomic E-state index is -4.59. The van der Waals surface area contributed by atoms with Gasteiger partial charge in [-0.1, -0.05) is 24.3 Å². The lowest BCUT2D eigenvalue weighted by molar-refractivity contribution is -0.145. The Bertz CT molecular complexity index is 1390. The number of fused-ring (bicyclic) bond motifs is 1. The molecule has 1 amide bonds. The molecule has 38 heavy (non-hydrogen) atoms. The minimum Gasteiger partial charge on any atom is -0.465 e. The number of ether oxygens (including phenoxy) is 2. The molecule has 0 bridgehead atoms. The van der Waals surface area contributed by atoms with E-state index in [2.05, 4.69) is 4.98 Å². The van der Waals surface area contributed by atoms with E-state index in [1.165, 1.54) is 24.3 Å². The number of carboxylic acid groups (broad SMARTS) is 1. The molecule has 202 valence electrons. The van der Waals surface area contributed by atoms with Gasteiger partial charge in [-0.25, -0.2) is 4.79 Å². The van der Waals surface area contributed by atoms with Crippen molar-refractivity contribution in [1.29, 1.82) is 0 Å². The second kappa shape index (κ2) is 11.1. The third-order valence-electron chi connectivity index (χ3n) is 5.98. The molecule has 13 heteroatoms. The average molecular weight is 535 g/mol. The summed E-state index contributed by atoms with van der Waals surface area (Å²) < 4.78 is 50.8. The van der Waals surface area contributed by atoms with Crippen LogP contribution in [0, 0.1) is 0 Å². The summed E-state index contributed by atoms with van der Waals surface area (Å²) in [7, 11) is 0. The van der Waals surface area contributed by atoms with Crippen LogP contribution in [0.1, 0.15) is 5.56 Å². The number of nitrogens with zero attached hydrogens (tertiary/aromatic N) is 2. The smallest absolute Gasteiger partial charge is 0.417 e. The maximum Gasteiger partial charge on any atom is 0.417 e. The number of benzene rings is 2. The van der Waals surface area contributed by atoms with Crippen molar-refractivity contribution in [2.45, 2.75) is 12.3 Å². The summed E-state index contributed by atoms with van der Waals surface area (Å²) >= 11 is 0. The Hall–Kier alpha value is -4.10. The van der Waals surface area contributed by atoms with E-state index in [9.17, 15) is 32.7 Å². The highest BCUT2D eigenvalue weighted by atomic mass is 19.4. The lowest BCUT2D eigenvalue weighted by Crippen LogP contribution is -2.41. The van der Waals surface area contributed by atoms with Gasteiger partial charge < -0.3 is 29.6 Å². The molecule has 0 unspecified atom stereocenters. The first kappa shape index (κ1) is 26.9. The molecule has 1 saturated heterocycles. The molecule has 1 aliphatic heterocycles. The highest BCUT2D eigenvalue weighted by Crippen LogP contribution is 2.36. The Kier molecular flexibility index (Phi) is 7.88. The molecule has 0 spiro atoms. The summed E-state index contributed by atoms with van der Waals surface area (Å²) in [4.78, 5) is 41.3. The number of amides is 1. The monoisotopic (exact) mass is 535 g/mol. The highest BCUT2D eigenvalue weighted by molar-refractivity contribution is 5.88. The fraction of sp³-hybridized carbons (Fsp3) is 0.320. The lowest BCUT2D eigenvalue weighted by atomic mass is 10.0. The number of hydrogen-bond acceptors (Lipinski definition) is 7. The Balaban J connectivity index is 1.51. The van der Waals surface area contributed by atoms with Gasteiger partial charge in [-0.2, -0.15) is 13.2 Å². The van der Waals surface area contributed by atoms with Crippen LogP contribution >= 0.6 is 0 Å². The van der Waals surface area contributed by atoms with Crippen LogP contribution in [-0.2, 0) is 20.4 Å². The van der Waals surface area contributed by atoms with Gasteiger partial charge in [-0.3, -0.25) is 14.5 Å². The van der Waals surface area contributed by atoms with Crippen molar-refractivity contribution in [3.05, 3.63) is 64.4 Å². The number of rotatable bonds is 8. The molecule has 0 saturated carbocycles. The maximum absolute atomic E-state index is 13.5. The van der Waals surface area contributed by atoms with E-state index in [1.54, 1.807) is 23.1 Å². The van der Waals surface area contributed by atoms with Crippen LogP contribution in [-0.4, -0.2) is 77.8 Å². The molecule has 0 radical (unpaired) electrons. The highest BCUT2D eigenvalue weighted by Gasteiger charge is 2.34. The van der Waals surface area contributed by atoms with Crippen LogP contribution < -0.4 is 10.5 Å². The van der Waals surface area contributed by atoms with Gasteiger partial charge in [0.2, 0.25) is 0 Å². The fourth-order valence-corrected chi connectivity index (χ4v) is 4.21. The van der Waals surface area contributed by atoms with Crippen LogP contribution in [0.25, 0.3) is 22.0 Å². The molecule has 1 aromatic heterocycles. The second-order valence-electron chi connectivity index (χ2n) is 8.57. The number of pyridine rings is 1. The quantitative estimate of drug-likeness (QED) is 0.375. The molecular weight excluding hydrogens is 511 g/mol. The standard InChI is InChI=1S/C25H24F3N3O7/c26-25(27,28)20-4-2-1-3-18(20)21-9-15-5-6-16(10-19(15)23(34)29-21)31-12-17(38-14-31)11-30(24(35)36)13-22(33)37-8-7-32/h1-6,9-10,17,32H,7-8,11-14H2,(H,29,34)(H,35,36)/t17-/m1/s1. The zero-order valence-corrected chi connectivity index (χ0v) is 19.9. The number of halogens is 3. The predicted molar refractivity (Wildman–Crippen MR) is 130 cm³/mol. The van der Waals surface area contributed by atoms with E-state index in [0.29, 0.717) is 11.1 Å². The number of aromatic nitrogens is 1. The lowest BCUT2D eigenvalue weighted by Gasteiger charge is -2.21. The molecule has 1 aliphatic rings. The van der Waals surface area contributed by atoms with Gasteiger partial charge in [0.05, 0.1) is 24.8 Å². The molecular formula is C25H24F3N3O7. The van der Waals surface area contributed by atoms with E-state index >= 15 is 0 Å². The molecule has 1 atom stereocenters. The predicted octanol–water partition coefficient (Wildman–Crippen LogP) is 2.89. The number of aromatic amines is 1. The van der Waals surface area contributed by atoms with Crippen molar-refractivity contribution in [1.82, 2.24) is 9.88 Å². The van der Waals surface area contributed by atoms with Crippen molar-refractivity contribution >= 4 is 28.5 Å². The van der Waals surface area contributed by atoms with Gasteiger partial charge in [-0.15, -0.1) is 0 Å². The summed E-state index contributed by atoms with van der Waals surface area (Å²) in [5.74, 6) is -0.803. The fourth-order valence-electron chi connectivity index (χ4n) is 4.21. The molecule has 3 aromatic rings. The van der Waals surface area contributed by atoms with E-state index in [1.807, 2.05) is 0 Å². The SMILES string of the molecule is O=C(CN(C[C@@H]1CN(c2ccc3cc(-c4ccccc4C(F)(F)F)[nH]c(=O)c3c2)CO1)C(=O)O)OCCO. The van der Waals surface area contributed by atoms with Gasteiger partial charge in [0.25, 0.3) is 5.56 Å². The number of carbonyl (C=O) groups excluding carboxylic acids is 1.